The van der Waals surface area contributed by atoms with Gasteiger partial charge in [0, 0.05) is 30.2 Å². The van der Waals surface area contributed by atoms with Gasteiger partial charge in [0.25, 0.3) is 0 Å². The van der Waals surface area contributed by atoms with Gasteiger partial charge in [0.05, 0.1) is 19.8 Å². The number of phenols is 1. The predicted octanol–water partition coefficient (Wildman–Crippen LogP) is 1.17. The van der Waals surface area contributed by atoms with Gasteiger partial charge in [-0.2, -0.15) is 0 Å². The monoisotopic (exact) mass is 644 g/mol. The normalized spacial score (nSPS) is 24.5. The lowest BCUT2D eigenvalue weighted by Crippen LogP contribution is -2.59. The maximum Gasteiger partial charge on any atom is 0.330 e. The van der Waals surface area contributed by atoms with E-state index in [9.17, 15) is 35.1 Å². The smallest absolute Gasteiger partial charge is 0.330 e. The third-order valence-electron chi connectivity index (χ3n) is 7.80. The Balaban J connectivity index is 1.25. The molecule has 0 unspecified atom stereocenters. The molecule has 0 spiro atoms. The molecule has 2 aliphatic heterocycles. The van der Waals surface area contributed by atoms with Crippen molar-refractivity contribution in [3.63, 3.8) is 0 Å². The van der Waals surface area contributed by atoms with Crippen molar-refractivity contribution < 1.29 is 63.2 Å². The summed E-state index contributed by atoms with van der Waals surface area (Å²) >= 11 is 0. The quantitative estimate of drug-likeness (QED) is 0.155. The summed E-state index contributed by atoms with van der Waals surface area (Å²) in [5.41, 5.74) is -0.271. The van der Waals surface area contributed by atoms with Gasteiger partial charge in [-0.05, 0) is 37.6 Å². The lowest BCUT2D eigenvalue weighted by Gasteiger charge is -2.39. The van der Waals surface area contributed by atoms with E-state index in [2.05, 4.69) is 0 Å². The molecule has 3 aromatic rings. The van der Waals surface area contributed by atoms with Crippen molar-refractivity contribution in [2.45, 2.75) is 69.3 Å². The van der Waals surface area contributed by atoms with Crippen LogP contribution in [0.4, 0.5) is 0 Å². The summed E-state index contributed by atoms with van der Waals surface area (Å²) < 4.78 is 38.8. The van der Waals surface area contributed by atoms with Gasteiger partial charge >= 0.3 is 5.97 Å². The minimum absolute atomic E-state index is 0.0481. The Labute approximate surface area is 262 Å². The Hall–Kier alpha value is -4.18. The van der Waals surface area contributed by atoms with Crippen LogP contribution < -0.4 is 19.6 Å². The third-order valence-corrected chi connectivity index (χ3v) is 7.80. The highest BCUT2D eigenvalue weighted by atomic mass is 16.7. The molecule has 6 atom stereocenters. The van der Waals surface area contributed by atoms with Crippen LogP contribution in [0.2, 0.25) is 0 Å². The zero-order valence-corrected chi connectivity index (χ0v) is 25.5. The molecule has 2 aliphatic rings. The fourth-order valence-electron chi connectivity index (χ4n) is 5.26. The highest BCUT2D eigenvalue weighted by Crippen LogP contribution is 2.43. The number of fused-ring (bicyclic) bond motifs is 2. The third kappa shape index (κ3) is 6.82. The first kappa shape index (κ1) is 33.2. The number of carbonyl (C=O) groups excluding carboxylic acids is 1. The van der Waals surface area contributed by atoms with Gasteiger partial charge < -0.3 is 58.4 Å². The summed E-state index contributed by atoms with van der Waals surface area (Å²) in [6, 6.07) is 7.19. The van der Waals surface area contributed by atoms with Crippen LogP contribution in [-0.4, -0.2) is 94.7 Å². The summed E-state index contributed by atoms with van der Waals surface area (Å²) in [6.07, 6.45) is -5.48. The number of benzene rings is 2. The fourth-order valence-corrected chi connectivity index (χ4v) is 5.26. The van der Waals surface area contributed by atoms with E-state index in [-0.39, 0.29) is 40.6 Å². The first-order valence-electron chi connectivity index (χ1n) is 14.4. The van der Waals surface area contributed by atoms with Crippen molar-refractivity contribution in [3.8, 4) is 23.0 Å². The van der Waals surface area contributed by atoms with Crippen molar-refractivity contribution in [3.05, 3.63) is 63.5 Å². The van der Waals surface area contributed by atoms with Crippen LogP contribution in [0.5, 0.6) is 23.0 Å². The molecular weight excluding hydrogens is 608 g/mol. The second-order valence-electron chi connectivity index (χ2n) is 11.5. The summed E-state index contributed by atoms with van der Waals surface area (Å²) in [5.74, 6) is 0.0819. The summed E-state index contributed by atoms with van der Waals surface area (Å²) in [6.45, 7) is 2.37. The van der Waals surface area contributed by atoms with Crippen molar-refractivity contribution >= 4 is 23.0 Å². The molecule has 0 bridgehead atoms. The number of aliphatic hydroxyl groups is 4. The van der Waals surface area contributed by atoms with Crippen LogP contribution in [-0.2, 0) is 32.0 Å². The topological polar surface area (TPSA) is 204 Å². The van der Waals surface area contributed by atoms with Crippen molar-refractivity contribution in [2.24, 2.45) is 0 Å². The number of phenolic OH excluding ortho intramolecular Hbond substituents is 1. The van der Waals surface area contributed by atoms with Gasteiger partial charge in [0.2, 0.25) is 0 Å². The van der Waals surface area contributed by atoms with Crippen molar-refractivity contribution in [1.82, 2.24) is 0 Å². The van der Waals surface area contributed by atoms with Gasteiger partial charge in [-0.25, -0.2) is 4.79 Å². The molecule has 248 valence electrons. The van der Waals surface area contributed by atoms with Gasteiger partial charge in [0.1, 0.15) is 72.0 Å². The van der Waals surface area contributed by atoms with Crippen LogP contribution in [0.25, 0.3) is 17.0 Å². The molecule has 1 saturated heterocycles. The summed E-state index contributed by atoms with van der Waals surface area (Å²) in [5, 5.41) is 51.7. The van der Waals surface area contributed by atoms with E-state index < -0.39 is 60.4 Å². The second kappa shape index (κ2) is 13.3. The maximum atomic E-state index is 13.1. The fraction of sp³-hybridized carbons (Fsp3) is 0.438. The molecular formula is C32H36O14. The van der Waals surface area contributed by atoms with Crippen LogP contribution in [0.3, 0.4) is 0 Å². The van der Waals surface area contributed by atoms with E-state index >= 15 is 0 Å². The number of rotatable bonds is 10. The Morgan fingerprint density at radius 3 is 2.52 bits per heavy atom. The number of ether oxygens (including phenoxy) is 6. The number of hydrogen-bond acceptors (Lipinski definition) is 14. The highest BCUT2D eigenvalue weighted by molar-refractivity contribution is 5.88. The number of aromatic hydroxyl groups is 1. The predicted molar refractivity (Wildman–Crippen MR) is 160 cm³/mol. The van der Waals surface area contributed by atoms with E-state index in [1.54, 1.807) is 19.9 Å². The van der Waals surface area contributed by atoms with Crippen LogP contribution in [0.15, 0.2) is 45.6 Å². The van der Waals surface area contributed by atoms with Crippen molar-refractivity contribution in [2.75, 3.05) is 20.8 Å². The minimum atomic E-state index is -1.71. The van der Waals surface area contributed by atoms with E-state index in [1.807, 2.05) is 0 Å². The number of esters is 1. The summed E-state index contributed by atoms with van der Waals surface area (Å²) in [4.78, 5) is 25.5. The van der Waals surface area contributed by atoms with E-state index in [0.717, 1.165) is 6.08 Å². The molecule has 0 saturated carbocycles. The maximum absolute atomic E-state index is 13.1. The average Bonchev–Trinajstić information content (AvgIpc) is 3.46. The Bertz CT molecular complexity index is 1670. The average molecular weight is 645 g/mol. The van der Waals surface area contributed by atoms with Gasteiger partial charge in [-0.1, -0.05) is 6.07 Å². The lowest BCUT2D eigenvalue weighted by atomic mass is 9.96. The Morgan fingerprint density at radius 2 is 1.83 bits per heavy atom. The second-order valence-corrected chi connectivity index (χ2v) is 11.5. The van der Waals surface area contributed by atoms with Gasteiger partial charge in [-0.15, -0.1) is 0 Å². The molecule has 5 rings (SSSR count). The molecule has 5 N–H and O–H groups in total. The van der Waals surface area contributed by atoms with Gasteiger partial charge in [0.15, 0.2) is 23.2 Å². The molecule has 3 heterocycles. The van der Waals surface area contributed by atoms with E-state index in [4.69, 9.17) is 32.8 Å². The number of carbonyl (C=O) groups is 1. The molecule has 0 amide bonds. The molecule has 0 radical (unpaired) electrons. The molecule has 2 aromatic carbocycles. The minimum Gasteiger partial charge on any atom is -0.504 e. The first-order chi connectivity index (χ1) is 21.8. The zero-order chi connectivity index (χ0) is 33.3. The molecule has 46 heavy (non-hydrogen) atoms. The zero-order valence-electron chi connectivity index (χ0n) is 25.5. The van der Waals surface area contributed by atoms with Crippen LogP contribution in [0.1, 0.15) is 30.7 Å². The molecule has 0 aliphatic carbocycles. The SMILES string of the molecule is COc1cc(/C=C/C(=O)OC[C@H]2O[C@@H](OCc3cc(=O)c4c(OC)c5c(cc4o3)O[C@H](C(C)(C)O)C5)[C@H](O)[C@@H](O)[C@@H]2O)ccc1O. The summed E-state index contributed by atoms with van der Waals surface area (Å²) in [7, 11) is 2.81. The largest absolute Gasteiger partial charge is 0.504 e. The van der Waals surface area contributed by atoms with Gasteiger partial charge in [-0.3, -0.25) is 4.79 Å². The van der Waals surface area contributed by atoms with Crippen LogP contribution in [0, 0.1) is 0 Å². The van der Waals surface area contributed by atoms with Crippen LogP contribution >= 0.6 is 0 Å². The van der Waals surface area contributed by atoms with E-state index in [0.29, 0.717) is 23.3 Å². The van der Waals surface area contributed by atoms with E-state index in [1.165, 1.54) is 44.6 Å². The standard InChI is InChI=1S/C32H36O14/c1-32(2,39)24-11-17-20(45-24)12-22-26(30(17)41-4)19(34)10-16(44-22)13-43-31-29(38)28(37)27(36)23(46-31)14-42-25(35)8-6-15-5-7-18(33)21(9-15)40-3/h5-10,12,23-24,27-29,31,33,36-39H,11,13-14H2,1-4H3/b8-6+/t23-,24+,27-,28+,29-,31-/m1/s1. The molecule has 1 fully saturated rings. The lowest BCUT2D eigenvalue weighted by molar-refractivity contribution is -0.305. The molecule has 1 aromatic heterocycles. The Morgan fingerprint density at radius 1 is 1.07 bits per heavy atom. The molecule has 14 heteroatoms. The highest BCUT2D eigenvalue weighted by Gasteiger charge is 2.45. The number of aliphatic hydroxyl groups excluding tert-OH is 3. The first-order valence-corrected chi connectivity index (χ1v) is 14.4. The molecule has 14 nitrogen and oxygen atoms in total. The van der Waals surface area contributed by atoms with Crippen molar-refractivity contribution in [1.29, 1.82) is 0 Å². The number of hydrogen-bond donors (Lipinski definition) is 5. The number of methoxy groups -OCH3 is 2. The Kier molecular flexibility index (Phi) is 9.58.